The fourth-order valence-corrected chi connectivity index (χ4v) is 8.66. The number of sulfonamides is 1. The number of hydrogen-bond donors (Lipinski definition) is 1. The summed E-state index contributed by atoms with van der Waals surface area (Å²) in [6.45, 7) is 0.561. The van der Waals surface area contributed by atoms with Gasteiger partial charge < -0.3 is 23.8 Å². The Labute approximate surface area is 346 Å². The second kappa shape index (κ2) is 15.7. The molecule has 15 heteroatoms. The number of carbonyl (C=O) groups is 2. The number of rotatable bonds is 11. The van der Waals surface area contributed by atoms with Crippen LogP contribution in [0.25, 0.3) is 5.57 Å². The number of nitrogens with zero attached hydrogens (tertiary/aromatic N) is 5. The maximum atomic E-state index is 13.9. The SMILES string of the molecule is CNS(=O)(=O)c1ccc(C2=CCN3C(=O)c4cc(OC)c(OCc5cccc(COc6cc7c(cc6OC)C(=O)N6c8ccccc8C[C@H]6C=N7)n5)cc4N=C[C@@H]3C2)cc1. The molecule has 304 valence electrons. The summed E-state index contributed by atoms with van der Waals surface area (Å²) < 4.78 is 50.5. The number of para-hydroxylation sites is 1. The molecule has 0 bridgehead atoms. The van der Waals surface area contributed by atoms with E-state index in [1.54, 1.807) is 64.5 Å². The molecule has 0 unspecified atom stereocenters. The Morgan fingerprint density at radius 3 is 1.97 bits per heavy atom. The van der Waals surface area contributed by atoms with E-state index in [9.17, 15) is 18.0 Å². The molecule has 1 N–H and O–H groups in total. The molecular weight excluding hydrogens is 785 g/mol. The molecule has 9 rings (SSSR count). The van der Waals surface area contributed by atoms with Crippen molar-refractivity contribution >= 4 is 56.9 Å². The monoisotopic (exact) mass is 824 g/mol. The molecular formula is C45H40N6O8S. The summed E-state index contributed by atoms with van der Waals surface area (Å²) >= 11 is 0. The molecule has 1 aromatic heterocycles. The molecule has 2 atom stereocenters. The molecule has 0 radical (unpaired) electrons. The van der Waals surface area contributed by atoms with Gasteiger partial charge >= 0.3 is 0 Å². The highest BCUT2D eigenvalue weighted by atomic mass is 32.2. The number of amides is 2. The van der Waals surface area contributed by atoms with Gasteiger partial charge in [-0.15, -0.1) is 0 Å². The molecule has 4 aliphatic rings. The Morgan fingerprint density at radius 1 is 0.717 bits per heavy atom. The van der Waals surface area contributed by atoms with Crippen molar-refractivity contribution in [3.8, 4) is 23.0 Å². The molecule has 60 heavy (non-hydrogen) atoms. The zero-order chi connectivity index (χ0) is 41.5. The summed E-state index contributed by atoms with van der Waals surface area (Å²) in [4.78, 5) is 45.6. The van der Waals surface area contributed by atoms with Crippen LogP contribution in [0.2, 0.25) is 0 Å². The summed E-state index contributed by atoms with van der Waals surface area (Å²) in [5.41, 5.74) is 6.92. The van der Waals surface area contributed by atoms with E-state index in [4.69, 9.17) is 33.9 Å². The number of aromatic nitrogens is 1. The summed E-state index contributed by atoms with van der Waals surface area (Å²) in [5.74, 6) is 1.27. The van der Waals surface area contributed by atoms with Crippen LogP contribution in [0.5, 0.6) is 23.0 Å². The average Bonchev–Trinajstić information content (AvgIpc) is 3.53. The van der Waals surface area contributed by atoms with Crippen molar-refractivity contribution in [2.45, 2.75) is 43.0 Å². The van der Waals surface area contributed by atoms with Gasteiger partial charge in [0, 0.05) is 43.2 Å². The van der Waals surface area contributed by atoms with Gasteiger partial charge in [-0.2, -0.15) is 0 Å². The third-order valence-corrected chi connectivity index (χ3v) is 12.5. The van der Waals surface area contributed by atoms with E-state index in [0.717, 1.165) is 22.4 Å². The normalized spacial score (nSPS) is 17.7. The van der Waals surface area contributed by atoms with Crippen LogP contribution in [0.3, 0.4) is 0 Å². The number of fused-ring (bicyclic) bond motifs is 6. The van der Waals surface area contributed by atoms with Crippen molar-refractivity contribution in [1.29, 1.82) is 0 Å². The van der Waals surface area contributed by atoms with Crippen molar-refractivity contribution in [3.63, 3.8) is 0 Å². The topological polar surface area (TPSA) is 161 Å². The van der Waals surface area contributed by atoms with Gasteiger partial charge in [0.1, 0.15) is 13.2 Å². The van der Waals surface area contributed by atoms with E-state index in [1.165, 1.54) is 21.3 Å². The highest BCUT2D eigenvalue weighted by Gasteiger charge is 2.37. The smallest absolute Gasteiger partial charge is 0.261 e. The number of ether oxygens (including phenoxy) is 4. The molecule has 5 heterocycles. The van der Waals surface area contributed by atoms with Gasteiger partial charge in [-0.3, -0.25) is 29.5 Å². The van der Waals surface area contributed by atoms with Crippen LogP contribution in [-0.4, -0.2) is 82.4 Å². The minimum Gasteiger partial charge on any atom is -0.493 e. The lowest BCUT2D eigenvalue weighted by atomic mass is 9.94. The number of anilines is 1. The van der Waals surface area contributed by atoms with Crippen LogP contribution in [-0.2, 0) is 29.7 Å². The van der Waals surface area contributed by atoms with Crippen molar-refractivity contribution < 1.29 is 37.0 Å². The molecule has 0 spiro atoms. The Morgan fingerprint density at radius 2 is 1.33 bits per heavy atom. The molecule has 4 aromatic carbocycles. The standard InChI is InChI=1S/C45H40N6O8S/c1-46-60(54,55)34-13-11-27(12-14-34)28-15-16-50-32(17-28)23-47-37-21-42(40(56-2)19-35(37)44(50)52)58-25-30-8-6-9-31(49-30)26-59-43-22-38-36(20-41(43)57-3)45(53)51-33(24-48-38)18-29-7-4-5-10-39(29)51/h4-15,19-24,32-33,46H,16-18,25-26H2,1-3H3/t32-,33-/m0/s1. The van der Waals surface area contributed by atoms with Gasteiger partial charge in [0.25, 0.3) is 11.8 Å². The zero-order valence-electron chi connectivity index (χ0n) is 33.0. The number of aliphatic imine (C=N–C) groups is 2. The average molecular weight is 825 g/mol. The van der Waals surface area contributed by atoms with Crippen molar-refractivity contribution in [2.24, 2.45) is 9.98 Å². The zero-order valence-corrected chi connectivity index (χ0v) is 33.8. The Balaban J connectivity index is 0.877. The number of benzene rings is 4. The summed E-state index contributed by atoms with van der Waals surface area (Å²) in [5, 5.41) is 0. The van der Waals surface area contributed by atoms with E-state index in [0.29, 0.717) is 76.3 Å². The van der Waals surface area contributed by atoms with E-state index < -0.39 is 10.0 Å². The third-order valence-electron chi connectivity index (χ3n) is 11.1. The minimum atomic E-state index is -3.55. The first-order chi connectivity index (χ1) is 29.1. The van der Waals surface area contributed by atoms with Crippen LogP contribution < -0.4 is 28.6 Å². The van der Waals surface area contributed by atoms with Gasteiger partial charge in [-0.05, 0) is 72.6 Å². The lowest BCUT2D eigenvalue weighted by molar-refractivity contribution is 0.0747. The first-order valence-corrected chi connectivity index (χ1v) is 20.8. The molecule has 0 saturated carbocycles. The molecule has 5 aromatic rings. The third kappa shape index (κ3) is 7.15. The number of hydrogen-bond acceptors (Lipinski definition) is 11. The van der Waals surface area contributed by atoms with Gasteiger partial charge in [-0.25, -0.2) is 13.1 Å². The maximum absolute atomic E-state index is 13.9. The first-order valence-electron chi connectivity index (χ1n) is 19.3. The number of methoxy groups -OCH3 is 2. The quantitative estimate of drug-likeness (QED) is 0.158. The van der Waals surface area contributed by atoms with E-state index in [2.05, 4.69) is 4.72 Å². The molecule has 0 saturated heterocycles. The molecule has 4 aliphatic heterocycles. The Hall–Kier alpha value is -6.84. The maximum Gasteiger partial charge on any atom is 0.261 e. The van der Waals surface area contributed by atoms with Crippen molar-refractivity contribution in [2.75, 3.05) is 32.7 Å². The van der Waals surface area contributed by atoms with Gasteiger partial charge in [0.2, 0.25) is 10.0 Å². The summed E-state index contributed by atoms with van der Waals surface area (Å²) in [6.07, 6.45) is 6.78. The van der Waals surface area contributed by atoms with Crippen LogP contribution in [0.4, 0.5) is 17.1 Å². The van der Waals surface area contributed by atoms with E-state index in [-0.39, 0.29) is 42.0 Å². The van der Waals surface area contributed by atoms with Crippen molar-refractivity contribution in [1.82, 2.24) is 14.6 Å². The van der Waals surface area contributed by atoms with Crippen LogP contribution >= 0.6 is 0 Å². The predicted molar refractivity (Wildman–Crippen MR) is 226 cm³/mol. The lowest BCUT2D eigenvalue weighted by Gasteiger charge is -2.32. The number of pyridine rings is 1. The first kappa shape index (κ1) is 38.7. The fraction of sp³-hybridized carbons (Fsp3) is 0.222. The highest BCUT2D eigenvalue weighted by Crippen LogP contribution is 2.42. The summed E-state index contributed by atoms with van der Waals surface area (Å²) in [6, 6.07) is 26.4. The number of carbonyl (C=O) groups excluding carboxylic acids is 2. The van der Waals surface area contributed by atoms with Gasteiger partial charge in [0.15, 0.2) is 23.0 Å². The molecule has 14 nitrogen and oxygen atoms in total. The largest absolute Gasteiger partial charge is 0.493 e. The number of nitrogens with one attached hydrogen (secondary N) is 1. The van der Waals surface area contributed by atoms with Crippen molar-refractivity contribution in [3.05, 3.63) is 131 Å². The lowest BCUT2D eigenvalue weighted by Crippen LogP contribution is -2.43. The van der Waals surface area contributed by atoms with Gasteiger partial charge in [0.05, 0.1) is 65.1 Å². The van der Waals surface area contributed by atoms with E-state index in [1.807, 2.05) is 54.8 Å². The van der Waals surface area contributed by atoms with Crippen LogP contribution in [0.15, 0.2) is 112 Å². The predicted octanol–water partition coefficient (Wildman–Crippen LogP) is 6.47. The highest BCUT2D eigenvalue weighted by molar-refractivity contribution is 7.89. The molecule has 0 fully saturated rings. The second-order valence-electron chi connectivity index (χ2n) is 14.6. The van der Waals surface area contributed by atoms with Crippen LogP contribution in [0.1, 0.15) is 49.7 Å². The van der Waals surface area contributed by atoms with Crippen LogP contribution in [0, 0.1) is 0 Å². The van der Waals surface area contributed by atoms with E-state index >= 15 is 0 Å². The second-order valence-corrected chi connectivity index (χ2v) is 16.4. The Kier molecular flexibility index (Phi) is 10.1. The molecule has 0 aliphatic carbocycles. The molecule has 2 amide bonds. The fourth-order valence-electron chi connectivity index (χ4n) is 7.93. The minimum absolute atomic E-state index is 0.0941. The Bertz CT molecular complexity index is 2750. The van der Waals surface area contributed by atoms with Gasteiger partial charge in [-0.1, -0.05) is 42.5 Å². The summed E-state index contributed by atoms with van der Waals surface area (Å²) in [7, 11) is 0.869.